The molecule has 0 spiro atoms. The van der Waals surface area contributed by atoms with Gasteiger partial charge < -0.3 is 15.2 Å². The van der Waals surface area contributed by atoms with Crippen LogP contribution in [-0.2, 0) is 14.3 Å². The van der Waals surface area contributed by atoms with Crippen molar-refractivity contribution in [3.63, 3.8) is 0 Å². The summed E-state index contributed by atoms with van der Waals surface area (Å²) in [7, 11) is 0. The summed E-state index contributed by atoms with van der Waals surface area (Å²) in [5.41, 5.74) is 1.60. The lowest BCUT2D eigenvalue weighted by molar-refractivity contribution is -0.154. The molecule has 4 rings (SSSR count). The molecule has 0 aliphatic heterocycles. The third-order valence-electron chi connectivity index (χ3n) is 11.4. The lowest BCUT2D eigenvalue weighted by Crippen LogP contribution is -2.51. The van der Waals surface area contributed by atoms with E-state index in [1.807, 2.05) is 13.8 Å². The minimum atomic E-state index is -0.683. The highest BCUT2D eigenvalue weighted by Crippen LogP contribution is 2.67. The van der Waals surface area contributed by atoms with Crippen LogP contribution in [0, 0.1) is 40.4 Å². The maximum atomic E-state index is 12.7. The molecule has 0 heterocycles. The van der Waals surface area contributed by atoms with Crippen molar-refractivity contribution in [2.24, 2.45) is 40.4 Å². The predicted octanol–water partition coefficient (Wildman–Crippen LogP) is 6.49. The number of allylic oxidation sites excluding steroid dienone is 1. The second-order valence-corrected chi connectivity index (χ2v) is 14.8. The van der Waals surface area contributed by atoms with E-state index in [2.05, 4.69) is 44.8 Å². The van der Waals surface area contributed by atoms with Crippen LogP contribution in [0.5, 0.6) is 0 Å². The molecular weight excluding hydrogens is 494 g/mol. The molecule has 6 heteroatoms. The molecule has 0 bridgehead atoms. The van der Waals surface area contributed by atoms with Crippen molar-refractivity contribution in [2.75, 3.05) is 5.75 Å². The van der Waals surface area contributed by atoms with Crippen LogP contribution < -0.4 is 5.32 Å². The quantitative estimate of drug-likeness (QED) is 0.175. The average Bonchev–Trinajstić information content (AvgIpc) is 3.19. The van der Waals surface area contributed by atoms with Crippen LogP contribution in [0.1, 0.15) is 112 Å². The van der Waals surface area contributed by atoms with Crippen molar-refractivity contribution in [1.29, 1.82) is 0 Å². The second-order valence-electron chi connectivity index (χ2n) is 14.4. The van der Waals surface area contributed by atoms with Gasteiger partial charge in [-0.2, -0.15) is 12.6 Å². The van der Waals surface area contributed by atoms with E-state index in [1.54, 1.807) is 0 Å². The van der Waals surface area contributed by atoms with Gasteiger partial charge in [0.05, 0.1) is 5.60 Å². The molecule has 4 aliphatic rings. The van der Waals surface area contributed by atoms with Crippen molar-refractivity contribution in [1.82, 2.24) is 5.32 Å². The van der Waals surface area contributed by atoms with Gasteiger partial charge in [0, 0.05) is 19.1 Å². The minimum Gasteiger partial charge on any atom is -0.460 e. The van der Waals surface area contributed by atoms with E-state index in [4.69, 9.17) is 4.74 Å². The van der Waals surface area contributed by atoms with Gasteiger partial charge >= 0.3 is 5.97 Å². The van der Waals surface area contributed by atoms with Crippen molar-refractivity contribution in [3.05, 3.63) is 11.6 Å². The Hall–Kier alpha value is -1.01. The molecule has 2 N–H and O–H groups in total. The Balaban J connectivity index is 1.41. The van der Waals surface area contributed by atoms with Crippen LogP contribution in [0.2, 0.25) is 0 Å². The van der Waals surface area contributed by atoms with Gasteiger partial charge in [-0.1, -0.05) is 45.3 Å². The fourth-order valence-electron chi connectivity index (χ4n) is 9.43. The molecule has 9 atom stereocenters. The first-order valence-electron chi connectivity index (χ1n) is 15.3. The Kier molecular flexibility index (Phi) is 9.04. The highest BCUT2D eigenvalue weighted by Gasteiger charge is 2.59. The van der Waals surface area contributed by atoms with Crippen molar-refractivity contribution < 1.29 is 19.4 Å². The highest BCUT2D eigenvalue weighted by molar-refractivity contribution is 7.80. The zero-order chi connectivity index (χ0) is 27.9. The van der Waals surface area contributed by atoms with Crippen molar-refractivity contribution in [3.8, 4) is 0 Å². The number of thiol groups is 1. The number of fused-ring (bicyclic) bond motifs is 5. The zero-order valence-corrected chi connectivity index (χ0v) is 25.6. The van der Waals surface area contributed by atoms with Gasteiger partial charge in [-0.25, -0.2) is 4.79 Å². The largest absolute Gasteiger partial charge is 0.460 e. The Bertz CT molecular complexity index is 912. The van der Waals surface area contributed by atoms with E-state index >= 15 is 0 Å². The summed E-state index contributed by atoms with van der Waals surface area (Å²) in [5.74, 6) is 3.47. The van der Waals surface area contributed by atoms with Crippen LogP contribution in [0.25, 0.3) is 0 Å². The normalized spacial score (nSPS) is 38.2. The van der Waals surface area contributed by atoms with Crippen LogP contribution in [0.4, 0.5) is 0 Å². The van der Waals surface area contributed by atoms with Crippen molar-refractivity contribution >= 4 is 24.5 Å². The lowest BCUT2D eigenvalue weighted by Gasteiger charge is -2.58. The Morgan fingerprint density at radius 1 is 1.18 bits per heavy atom. The molecule has 0 saturated heterocycles. The van der Waals surface area contributed by atoms with Crippen LogP contribution in [0.3, 0.4) is 0 Å². The Morgan fingerprint density at radius 3 is 2.58 bits per heavy atom. The van der Waals surface area contributed by atoms with Gasteiger partial charge in [0.1, 0.15) is 12.1 Å². The van der Waals surface area contributed by atoms with E-state index < -0.39 is 11.6 Å². The monoisotopic (exact) mass is 547 g/mol. The smallest absolute Gasteiger partial charge is 0.329 e. The summed E-state index contributed by atoms with van der Waals surface area (Å²) in [6, 6.07) is -0.683. The van der Waals surface area contributed by atoms with E-state index in [0.29, 0.717) is 5.41 Å². The number of nitrogens with one attached hydrogen (secondary N) is 1. The average molecular weight is 548 g/mol. The number of aliphatic hydroxyl groups is 1. The lowest BCUT2D eigenvalue weighted by atomic mass is 9.47. The third-order valence-corrected chi connectivity index (χ3v) is 11.8. The van der Waals surface area contributed by atoms with Gasteiger partial charge in [-0.3, -0.25) is 4.79 Å². The number of carbonyl (C=O) groups excluding carboxylic acids is 2. The fraction of sp³-hybridized carbons (Fsp3) is 0.875. The maximum Gasteiger partial charge on any atom is 0.329 e. The summed E-state index contributed by atoms with van der Waals surface area (Å²) >= 11 is 4.23. The zero-order valence-electron chi connectivity index (χ0n) is 24.7. The summed E-state index contributed by atoms with van der Waals surface area (Å²) < 4.78 is 5.90. The summed E-state index contributed by atoms with van der Waals surface area (Å²) in [4.78, 5) is 24.1. The highest BCUT2D eigenvalue weighted by atomic mass is 32.1. The molecule has 3 unspecified atom stereocenters. The number of carbonyl (C=O) groups is 2. The molecule has 1 amide bonds. The van der Waals surface area contributed by atoms with Crippen LogP contribution in [-0.4, -0.2) is 40.5 Å². The number of ether oxygens (including phenoxy) is 1. The molecule has 5 nitrogen and oxygen atoms in total. The summed E-state index contributed by atoms with van der Waals surface area (Å²) in [6.45, 7) is 12.9. The first-order chi connectivity index (χ1) is 17.8. The minimum absolute atomic E-state index is 0.107. The summed E-state index contributed by atoms with van der Waals surface area (Å²) in [6.07, 6.45) is 15.0. The molecule has 0 radical (unpaired) electrons. The fourth-order valence-corrected chi connectivity index (χ4v) is 9.67. The van der Waals surface area contributed by atoms with Gasteiger partial charge in [0.2, 0.25) is 5.91 Å². The first kappa shape index (κ1) is 30.0. The first-order valence-corrected chi connectivity index (χ1v) is 15.9. The molecule has 0 aromatic carbocycles. The standard InChI is InChI=1S/C32H53NO4S/c1-20(8-7-15-30(3,4)36)25-11-12-26-24-10-9-22-18-23(37-29(35)28(19-38)33-21(2)34)13-16-31(22,5)27(24)14-17-32(25,26)6/h9,20,23-28,36,38H,7-8,10-19H2,1-6H3,(H,33,34)/t20-,23+,24+,25?,26?,27?,28+,31+,32-/m1/s1. The van der Waals surface area contributed by atoms with Crippen LogP contribution >= 0.6 is 12.6 Å². The molecule has 0 aromatic heterocycles. The molecule has 4 aliphatic carbocycles. The molecule has 3 fully saturated rings. The van der Waals surface area contributed by atoms with E-state index in [1.165, 1.54) is 51.0 Å². The summed E-state index contributed by atoms with van der Waals surface area (Å²) in [5, 5.41) is 12.8. The van der Waals surface area contributed by atoms with E-state index in [9.17, 15) is 14.7 Å². The van der Waals surface area contributed by atoms with E-state index in [-0.39, 0.29) is 29.1 Å². The maximum absolute atomic E-state index is 12.7. The van der Waals surface area contributed by atoms with Crippen molar-refractivity contribution in [2.45, 2.75) is 130 Å². The molecular formula is C32H53NO4S. The van der Waals surface area contributed by atoms with Crippen LogP contribution in [0.15, 0.2) is 11.6 Å². The molecule has 0 aromatic rings. The number of hydrogen-bond donors (Lipinski definition) is 3. The van der Waals surface area contributed by atoms with Gasteiger partial charge in [-0.05, 0) is 106 Å². The van der Waals surface area contributed by atoms with Gasteiger partial charge in [0.25, 0.3) is 0 Å². The van der Waals surface area contributed by atoms with Gasteiger partial charge in [0.15, 0.2) is 0 Å². The molecule has 3 saturated carbocycles. The Labute approximate surface area is 236 Å². The number of rotatable bonds is 9. The second kappa shape index (κ2) is 11.5. The Morgan fingerprint density at radius 2 is 1.92 bits per heavy atom. The van der Waals surface area contributed by atoms with Gasteiger partial charge in [-0.15, -0.1) is 0 Å². The number of hydrogen-bond acceptors (Lipinski definition) is 5. The number of esters is 1. The number of amides is 1. The van der Waals surface area contributed by atoms with E-state index in [0.717, 1.165) is 61.7 Å². The molecule has 216 valence electrons. The SMILES string of the molecule is CC(=O)N[C@@H](CS)C(=O)O[C@H]1CC[C@@]2(C)C(=CC[C@H]3C4CCC([C@H](C)CCCC(C)(C)O)[C@@]4(C)CCC32)C1. The third kappa shape index (κ3) is 6.01. The topological polar surface area (TPSA) is 75.6 Å². The predicted molar refractivity (Wildman–Crippen MR) is 156 cm³/mol. The molecule has 38 heavy (non-hydrogen) atoms.